The smallest absolute Gasteiger partial charge is 0.242 e. The SMILES string of the molecule is CS(=O)(=O)Cc1nc(Br)no1. The fourth-order valence-electron chi connectivity index (χ4n) is 0.517. The average molecular weight is 241 g/mol. The predicted octanol–water partition coefficient (Wildman–Crippen LogP) is 0.377. The van der Waals surface area contributed by atoms with Crippen molar-refractivity contribution in [2.75, 3.05) is 6.26 Å². The van der Waals surface area contributed by atoms with Gasteiger partial charge in [0.1, 0.15) is 5.75 Å². The Labute approximate surface area is 71.8 Å². The second-order valence-electron chi connectivity index (χ2n) is 2.03. The molecule has 0 N–H and O–H groups in total. The Kier molecular flexibility index (Phi) is 2.28. The molecule has 0 saturated carbocycles. The third-order valence-corrected chi connectivity index (χ3v) is 1.92. The van der Waals surface area contributed by atoms with Gasteiger partial charge in [-0.25, -0.2) is 8.42 Å². The van der Waals surface area contributed by atoms with Gasteiger partial charge in [0.15, 0.2) is 9.84 Å². The highest BCUT2D eigenvalue weighted by Crippen LogP contribution is 2.06. The maximum Gasteiger partial charge on any atom is 0.242 e. The van der Waals surface area contributed by atoms with Gasteiger partial charge >= 0.3 is 0 Å². The topological polar surface area (TPSA) is 73.1 Å². The van der Waals surface area contributed by atoms with E-state index in [2.05, 4.69) is 30.6 Å². The Morgan fingerprint density at radius 3 is 2.64 bits per heavy atom. The fourth-order valence-corrected chi connectivity index (χ4v) is 1.35. The minimum Gasteiger partial charge on any atom is -0.337 e. The van der Waals surface area contributed by atoms with Crippen molar-refractivity contribution in [3.8, 4) is 0 Å². The summed E-state index contributed by atoms with van der Waals surface area (Å²) in [5, 5.41) is 3.37. The van der Waals surface area contributed by atoms with Crippen molar-refractivity contribution in [3.63, 3.8) is 0 Å². The summed E-state index contributed by atoms with van der Waals surface area (Å²) >= 11 is 2.93. The number of hydrogen-bond donors (Lipinski definition) is 0. The van der Waals surface area contributed by atoms with E-state index in [1.54, 1.807) is 0 Å². The van der Waals surface area contributed by atoms with Crippen LogP contribution in [0, 0.1) is 0 Å². The molecule has 0 unspecified atom stereocenters. The van der Waals surface area contributed by atoms with E-state index in [1.807, 2.05) is 0 Å². The molecule has 0 bridgehead atoms. The first kappa shape index (κ1) is 8.66. The van der Waals surface area contributed by atoms with Gasteiger partial charge in [0.2, 0.25) is 10.6 Å². The minimum absolute atomic E-state index is 0.0966. The number of aromatic nitrogens is 2. The van der Waals surface area contributed by atoms with Crippen molar-refractivity contribution in [2.24, 2.45) is 0 Å². The van der Waals surface area contributed by atoms with Crippen LogP contribution in [0.1, 0.15) is 5.89 Å². The Balaban J connectivity index is 2.81. The van der Waals surface area contributed by atoms with Gasteiger partial charge in [-0.05, 0) is 21.1 Å². The van der Waals surface area contributed by atoms with Crippen molar-refractivity contribution in [1.29, 1.82) is 0 Å². The van der Waals surface area contributed by atoms with Crippen LogP contribution in [0.3, 0.4) is 0 Å². The lowest BCUT2D eigenvalue weighted by atomic mass is 10.8. The number of sulfone groups is 1. The largest absolute Gasteiger partial charge is 0.337 e. The Morgan fingerprint density at radius 2 is 2.27 bits per heavy atom. The first-order valence-electron chi connectivity index (χ1n) is 2.63. The molecule has 0 aliphatic rings. The fraction of sp³-hybridized carbons (Fsp3) is 0.500. The lowest BCUT2D eigenvalue weighted by molar-refractivity contribution is 0.385. The van der Waals surface area contributed by atoms with Crippen molar-refractivity contribution in [2.45, 2.75) is 5.75 Å². The summed E-state index contributed by atoms with van der Waals surface area (Å²) in [6, 6.07) is 0. The molecule has 0 aliphatic heterocycles. The van der Waals surface area contributed by atoms with Crippen molar-refractivity contribution in [1.82, 2.24) is 10.1 Å². The van der Waals surface area contributed by atoms with E-state index in [0.29, 0.717) is 0 Å². The van der Waals surface area contributed by atoms with Gasteiger partial charge in [0.05, 0.1) is 0 Å². The van der Waals surface area contributed by atoms with E-state index < -0.39 is 9.84 Å². The molecule has 11 heavy (non-hydrogen) atoms. The average Bonchev–Trinajstić information content (AvgIpc) is 2.10. The van der Waals surface area contributed by atoms with E-state index in [-0.39, 0.29) is 16.4 Å². The van der Waals surface area contributed by atoms with E-state index in [0.717, 1.165) is 6.26 Å². The van der Waals surface area contributed by atoms with Crippen LogP contribution >= 0.6 is 15.9 Å². The van der Waals surface area contributed by atoms with Crippen LogP contribution in [0.15, 0.2) is 9.26 Å². The van der Waals surface area contributed by atoms with E-state index in [9.17, 15) is 8.42 Å². The predicted molar refractivity (Wildman–Crippen MR) is 40.5 cm³/mol. The van der Waals surface area contributed by atoms with E-state index in [4.69, 9.17) is 0 Å². The first-order chi connectivity index (χ1) is 4.97. The summed E-state index contributed by atoms with van der Waals surface area (Å²) in [5.41, 5.74) is 0. The summed E-state index contributed by atoms with van der Waals surface area (Å²) in [5.74, 6) is -0.120. The van der Waals surface area contributed by atoms with Crippen LogP contribution < -0.4 is 0 Å². The standard InChI is InChI=1S/C4H5BrN2O3S/c1-11(8,9)2-3-6-4(5)7-10-3/h2H2,1H3. The molecule has 7 heteroatoms. The van der Waals surface area contributed by atoms with Gasteiger partial charge in [0, 0.05) is 6.26 Å². The molecule has 1 rings (SSSR count). The Bertz CT molecular complexity index is 344. The molecule has 0 saturated heterocycles. The first-order valence-corrected chi connectivity index (χ1v) is 5.48. The third-order valence-electron chi connectivity index (χ3n) is 0.829. The molecule has 0 aliphatic carbocycles. The van der Waals surface area contributed by atoms with Crippen LogP contribution in [0.25, 0.3) is 0 Å². The quantitative estimate of drug-likeness (QED) is 0.748. The van der Waals surface area contributed by atoms with Gasteiger partial charge < -0.3 is 4.52 Å². The highest BCUT2D eigenvalue weighted by Gasteiger charge is 2.10. The highest BCUT2D eigenvalue weighted by atomic mass is 79.9. The van der Waals surface area contributed by atoms with Crippen molar-refractivity contribution < 1.29 is 12.9 Å². The van der Waals surface area contributed by atoms with Gasteiger partial charge in [-0.15, -0.1) is 0 Å². The van der Waals surface area contributed by atoms with Crippen LogP contribution in [0.4, 0.5) is 0 Å². The number of hydrogen-bond acceptors (Lipinski definition) is 5. The summed E-state index contributed by atoms with van der Waals surface area (Å²) in [7, 11) is -3.08. The molecule has 1 aromatic heterocycles. The van der Waals surface area contributed by atoms with Crippen molar-refractivity contribution in [3.05, 3.63) is 10.6 Å². The second kappa shape index (κ2) is 2.90. The normalized spacial score (nSPS) is 11.8. The summed E-state index contributed by atoms with van der Waals surface area (Å²) in [6.07, 6.45) is 1.10. The lowest BCUT2D eigenvalue weighted by Crippen LogP contribution is -2.00. The van der Waals surface area contributed by atoms with Gasteiger partial charge in [-0.3, -0.25) is 0 Å². The minimum atomic E-state index is -3.08. The molecule has 0 amide bonds. The molecule has 0 aromatic carbocycles. The van der Waals surface area contributed by atoms with Gasteiger partial charge in [-0.2, -0.15) is 4.98 Å². The molecule has 1 heterocycles. The molecule has 0 radical (unpaired) electrons. The molecule has 0 spiro atoms. The second-order valence-corrected chi connectivity index (χ2v) is 4.88. The maximum absolute atomic E-state index is 10.7. The zero-order chi connectivity index (χ0) is 8.48. The molecular weight excluding hydrogens is 236 g/mol. The Hall–Kier alpha value is -0.430. The van der Waals surface area contributed by atoms with Gasteiger partial charge in [-0.1, -0.05) is 0 Å². The zero-order valence-corrected chi connectivity index (χ0v) is 8.01. The van der Waals surface area contributed by atoms with E-state index in [1.165, 1.54) is 0 Å². The number of rotatable bonds is 2. The molecule has 1 aromatic rings. The molecule has 62 valence electrons. The number of halogens is 1. The molecular formula is C4H5BrN2O3S. The summed E-state index contributed by atoms with van der Waals surface area (Å²) in [6.45, 7) is 0. The lowest BCUT2D eigenvalue weighted by Gasteiger charge is -1.87. The van der Waals surface area contributed by atoms with Crippen LogP contribution in [0.2, 0.25) is 0 Å². The summed E-state index contributed by atoms with van der Waals surface area (Å²) in [4.78, 5) is 3.66. The van der Waals surface area contributed by atoms with Crippen LogP contribution in [-0.2, 0) is 15.6 Å². The number of nitrogens with zero attached hydrogens (tertiary/aromatic N) is 2. The van der Waals surface area contributed by atoms with E-state index >= 15 is 0 Å². The van der Waals surface area contributed by atoms with Crippen LogP contribution in [0.5, 0.6) is 0 Å². The van der Waals surface area contributed by atoms with Crippen molar-refractivity contribution >= 4 is 25.8 Å². The van der Waals surface area contributed by atoms with Crippen LogP contribution in [-0.4, -0.2) is 24.8 Å². The molecule has 0 fully saturated rings. The third kappa shape index (κ3) is 2.98. The Morgan fingerprint density at radius 1 is 1.64 bits per heavy atom. The maximum atomic E-state index is 10.7. The molecule has 0 atom stereocenters. The van der Waals surface area contributed by atoms with Gasteiger partial charge in [0.25, 0.3) is 0 Å². The highest BCUT2D eigenvalue weighted by molar-refractivity contribution is 9.10. The monoisotopic (exact) mass is 240 g/mol. The zero-order valence-electron chi connectivity index (χ0n) is 5.61. The molecule has 5 nitrogen and oxygen atoms in total. The summed E-state index contributed by atoms with van der Waals surface area (Å²) < 4.78 is 26.1.